The number of carbonyl (C=O) groups is 1. The molecule has 0 aliphatic carbocycles. The van der Waals surface area contributed by atoms with Crippen molar-refractivity contribution in [1.82, 2.24) is 20.4 Å². The summed E-state index contributed by atoms with van der Waals surface area (Å²) in [6.07, 6.45) is 5.24. The molecule has 6 nitrogen and oxygen atoms in total. The van der Waals surface area contributed by atoms with Crippen LogP contribution in [0.1, 0.15) is 59.2 Å². The molecular weight excluding hydrogens is 340 g/mol. The van der Waals surface area contributed by atoms with Crippen LogP contribution in [0.5, 0.6) is 0 Å². The quantitative estimate of drug-likeness (QED) is 0.898. The zero-order valence-electron chi connectivity index (χ0n) is 16.0. The highest BCUT2D eigenvalue weighted by Gasteiger charge is 2.25. The van der Waals surface area contributed by atoms with Crippen LogP contribution in [-0.2, 0) is 6.42 Å². The van der Waals surface area contributed by atoms with Crippen molar-refractivity contribution in [3.8, 4) is 0 Å². The molecule has 0 saturated carbocycles. The van der Waals surface area contributed by atoms with Gasteiger partial charge in [0.25, 0.3) is 5.91 Å². The van der Waals surface area contributed by atoms with Gasteiger partial charge in [0.05, 0.1) is 0 Å². The molecule has 0 bridgehead atoms. The number of hydrogen-bond donors (Lipinski definition) is 1. The van der Waals surface area contributed by atoms with Gasteiger partial charge in [-0.1, -0.05) is 17.3 Å². The van der Waals surface area contributed by atoms with Crippen molar-refractivity contribution >= 4 is 5.91 Å². The van der Waals surface area contributed by atoms with Crippen LogP contribution in [0.3, 0.4) is 0 Å². The number of amides is 1. The first-order valence-corrected chi connectivity index (χ1v) is 10.1. The lowest BCUT2D eigenvalue weighted by atomic mass is 9.90. The van der Waals surface area contributed by atoms with Gasteiger partial charge in [-0.3, -0.25) is 4.79 Å². The molecule has 2 fully saturated rings. The summed E-state index contributed by atoms with van der Waals surface area (Å²) in [4.78, 5) is 19.1. The molecule has 0 unspecified atom stereocenters. The van der Waals surface area contributed by atoms with Crippen molar-refractivity contribution < 1.29 is 9.32 Å². The standard InChI is InChI=1S/C21H28N4O2/c1-15-23-20(27-24-15)13-16-8-11-25(12-9-16)21(26)18-6-4-17(5-7-18)19-3-2-10-22-14-19/h4-7,16,19,22H,2-3,8-14H2,1H3/t19-/m1/s1. The van der Waals surface area contributed by atoms with Crippen molar-refractivity contribution in [1.29, 1.82) is 0 Å². The number of benzene rings is 1. The molecule has 2 saturated heterocycles. The molecule has 2 aromatic rings. The number of aromatic nitrogens is 2. The van der Waals surface area contributed by atoms with Crippen LogP contribution in [0.25, 0.3) is 0 Å². The van der Waals surface area contributed by atoms with Gasteiger partial charge in [-0.15, -0.1) is 0 Å². The molecule has 1 N–H and O–H groups in total. The van der Waals surface area contributed by atoms with Gasteiger partial charge in [0.15, 0.2) is 5.82 Å². The predicted octanol–water partition coefficient (Wildman–Crippen LogP) is 2.94. The smallest absolute Gasteiger partial charge is 0.253 e. The van der Waals surface area contributed by atoms with E-state index >= 15 is 0 Å². The van der Waals surface area contributed by atoms with E-state index in [0.717, 1.165) is 51.0 Å². The van der Waals surface area contributed by atoms with E-state index in [0.29, 0.717) is 23.6 Å². The number of rotatable bonds is 4. The fraction of sp³-hybridized carbons (Fsp3) is 0.571. The Hall–Kier alpha value is -2.21. The van der Waals surface area contributed by atoms with Crippen LogP contribution < -0.4 is 5.32 Å². The van der Waals surface area contributed by atoms with Crippen LogP contribution >= 0.6 is 0 Å². The Labute approximate surface area is 160 Å². The Balaban J connectivity index is 1.31. The summed E-state index contributed by atoms with van der Waals surface area (Å²) in [7, 11) is 0. The lowest BCUT2D eigenvalue weighted by molar-refractivity contribution is 0.0687. The molecule has 0 spiro atoms. The van der Waals surface area contributed by atoms with Gasteiger partial charge in [0.1, 0.15) is 0 Å². The van der Waals surface area contributed by atoms with E-state index in [9.17, 15) is 4.79 Å². The second-order valence-electron chi connectivity index (χ2n) is 7.84. The minimum absolute atomic E-state index is 0.149. The number of aryl methyl sites for hydroxylation is 1. The van der Waals surface area contributed by atoms with Crippen molar-refractivity contribution in [3.63, 3.8) is 0 Å². The van der Waals surface area contributed by atoms with E-state index < -0.39 is 0 Å². The van der Waals surface area contributed by atoms with Crippen molar-refractivity contribution in [2.75, 3.05) is 26.2 Å². The van der Waals surface area contributed by atoms with Gasteiger partial charge in [-0.2, -0.15) is 4.98 Å². The number of piperidine rings is 2. The highest BCUT2D eigenvalue weighted by molar-refractivity contribution is 5.94. The zero-order valence-corrected chi connectivity index (χ0v) is 16.0. The molecule has 3 heterocycles. The second-order valence-corrected chi connectivity index (χ2v) is 7.84. The van der Waals surface area contributed by atoms with Crippen LogP contribution in [-0.4, -0.2) is 47.1 Å². The van der Waals surface area contributed by atoms with Crippen molar-refractivity contribution in [2.45, 2.75) is 44.9 Å². The first-order chi connectivity index (χ1) is 13.2. The van der Waals surface area contributed by atoms with E-state index in [1.165, 1.54) is 18.4 Å². The minimum Gasteiger partial charge on any atom is -0.339 e. The summed E-state index contributed by atoms with van der Waals surface area (Å²) in [6.45, 7) is 5.59. The summed E-state index contributed by atoms with van der Waals surface area (Å²) in [5.41, 5.74) is 2.14. The van der Waals surface area contributed by atoms with Crippen molar-refractivity contribution in [2.24, 2.45) is 5.92 Å². The average Bonchev–Trinajstić information content (AvgIpc) is 3.13. The van der Waals surface area contributed by atoms with Gasteiger partial charge < -0.3 is 14.7 Å². The topological polar surface area (TPSA) is 71.3 Å². The van der Waals surface area contributed by atoms with Crippen LogP contribution in [0.4, 0.5) is 0 Å². The predicted molar refractivity (Wildman–Crippen MR) is 103 cm³/mol. The molecule has 144 valence electrons. The molecule has 6 heteroatoms. The summed E-state index contributed by atoms with van der Waals surface area (Å²) in [5, 5.41) is 7.31. The van der Waals surface area contributed by atoms with Gasteiger partial charge in [-0.05, 0) is 68.7 Å². The Morgan fingerprint density at radius 1 is 1.22 bits per heavy atom. The fourth-order valence-electron chi connectivity index (χ4n) is 4.23. The van der Waals surface area contributed by atoms with Crippen LogP contribution in [0.2, 0.25) is 0 Å². The van der Waals surface area contributed by atoms with E-state index in [1.54, 1.807) is 0 Å². The lowest BCUT2D eigenvalue weighted by Crippen LogP contribution is -2.39. The normalized spacial score (nSPS) is 21.4. The van der Waals surface area contributed by atoms with E-state index in [1.807, 2.05) is 24.0 Å². The molecule has 1 aromatic heterocycles. The maximum Gasteiger partial charge on any atom is 0.253 e. The Morgan fingerprint density at radius 2 is 2.00 bits per heavy atom. The van der Waals surface area contributed by atoms with E-state index in [2.05, 4.69) is 27.6 Å². The average molecular weight is 368 g/mol. The number of likely N-dealkylation sites (tertiary alicyclic amines) is 1. The summed E-state index contributed by atoms with van der Waals surface area (Å²) >= 11 is 0. The Bertz CT molecular complexity index is 757. The number of carbonyl (C=O) groups excluding carboxylic acids is 1. The van der Waals surface area contributed by atoms with Gasteiger partial charge in [0, 0.05) is 31.6 Å². The molecule has 0 radical (unpaired) electrons. The Morgan fingerprint density at radius 3 is 2.63 bits per heavy atom. The number of nitrogens with one attached hydrogen (secondary N) is 1. The summed E-state index contributed by atoms with van der Waals surface area (Å²) in [5.74, 6) is 2.63. The second kappa shape index (κ2) is 8.21. The van der Waals surface area contributed by atoms with Crippen molar-refractivity contribution in [3.05, 3.63) is 47.1 Å². The molecule has 1 aromatic carbocycles. The third kappa shape index (κ3) is 4.38. The van der Waals surface area contributed by atoms with Crippen LogP contribution in [0, 0.1) is 12.8 Å². The maximum absolute atomic E-state index is 12.8. The SMILES string of the molecule is Cc1noc(CC2CCN(C(=O)c3ccc([C@@H]4CCCNC4)cc3)CC2)n1. The van der Waals surface area contributed by atoms with E-state index in [4.69, 9.17) is 4.52 Å². The summed E-state index contributed by atoms with van der Waals surface area (Å²) < 4.78 is 5.23. The van der Waals surface area contributed by atoms with E-state index in [-0.39, 0.29) is 5.91 Å². The first-order valence-electron chi connectivity index (χ1n) is 10.1. The fourth-order valence-corrected chi connectivity index (χ4v) is 4.23. The molecule has 27 heavy (non-hydrogen) atoms. The zero-order chi connectivity index (χ0) is 18.6. The lowest BCUT2D eigenvalue weighted by Gasteiger charge is -2.31. The highest BCUT2D eigenvalue weighted by Crippen LogP contribution is 2.25. The minimum atomic E-state index is 0.149. The van der Waals surface area contributed by atoms with Gasteiger partial charge in [0.2, 0.25) is 5.89 Å². The molecule has 1 amide bonds. The highest BCUT2D eigenvalue weighted by atomic mass is 16.5. The molecule has 2 aliphatic heterocycles. The molecule has 1 atom stereocenters. The number of nitrogens with zero attached hydrogens (tertiary/aromatic N) is 3. The molecule has 4 rings (SSSR count). The first kappa shape index (κ1) is 18.2. The third-order valence-corrected chi connectivity index (χ3v) is 5.86. The third-order valence-electron chi connectivity index (χ3n) is 5.86. The molecule has 2 aliphatic rings. The van der Waals surface area contributed by atoms with Crippen LogP contribution in [0.15, 0.2) is 28.8 Å². The number of hydrogen-bond acceptors (Lipinski definition) is 5. The van der Waals surface area contributed by atoms with Gasteiger partial charge in [-0.25, -0.2) is 0 Å². The monoisotopic (exact) mass is 368 g/mol. The summed E-state index contributed by atoms with van der Waals surface area (Å²) in [6, 6.07) is 8.27. The van der Waals surface area contributed by atoms with Gasteiger partial charge >= 0.3 is 0 Å². The molecular formula is C21H28N4O2. The maximum atomic E-state index is 12.8. The largest absolute Gasteiger partial charge is 0.339 e. The Kier molecular flexibility index (Phi) is 5.53.